The molecule has 0 fully saturated rings. The number of carbonyl (C=O) groups is 1. The van der Waals surface area contributed by atoms with Crippen LogP contribution in [0.1, 0.15) is 34.0 Å². The lowest BCUT2D eigenvalue weighted by molar-refractivity contribution is 0.0706. The third kappa shape index (κ3) is 3.91. The lowest BCUT2D eigenvalue weighted by atomic mass is 9.91. The van der Waals surface area contributed by atoms with E-state index in [0.717, 1.165) is 5.56 Å². The van der Waals surface area contributed by atoms with Gasteiger partial charge in [0.05, 0.1) is 11.9 Å². The van der Waals surface area contributed by atoms with E-state index >= 15 is 0 Å². The molecule has 3 rings (SSSR count). The number of fused-ring (bicyclic) bond motifs is 1. The molecular formula is C18H17N7O2. The van der Waals surface area contributed by atoms with Crippen molar-refractivity contribution >= 4 is 28.8 Å². The second-order valence-electron chi connectivity index (χ2n) is 5.87. The number of amides is 1. The van der Waals surface area contributed by atoms with E-state index in [0.29, 0.717) is 35.3 Å². The molecule has 1 unspecified atom stereocenters. The Labute approximate surface area is 154 Å². The van der Waals surface area contributed by atoms with Gasteiger partial charge in [0.1, 0.15) is 0 Å². The molecule has 6 N–H and O–H groups in total. The van der Waals surface area contributed by atoms with Crippen LogP contribution in [-0.4, -0.2) is 31.1 Å². The first-order valence-corrected chi connectivity index (χ1v) is 8.04. The Morgan fingerprint density at radius 1 is 1.22 bits per heavy atom. The molecule has 3 aromatic rings. The fraction of sp³-hybridized carbons (Fsp3) is 0.167. The average molecular weight is 363 g/mol. The number of nitrogens with one attached hydrogen (secondary N) is 1. The van der Waals surface area contributed by atoms with Crippen LogP contribution in [0.3, 0.4) is 0 Å². The maximum Gasteiger partial charge on any atom is 0.274 e. The van der Waals surface area contributed by atoms with Crippen molar-refractivity contribution in [2.75, 3.05) is 11.5 Å². The second kappa shape index (κ2) is 7.63. The highest BCUT2D eigenvalue weighted by Crippen LogP contribution is 2.25. The number of terminal acetylenes is 1. The van der Waals surface area contributed by atoms with Crippen molar-refractivity contribution in [3.05, 3.63) is 47.3 Å². The first-order chi connectivity index (χ1) is 13.0. The Hall–Kier alpha value is -3.77. The normalized spacial score (nSPS) is 11.7. The fourth-order valence-corrected chi connectivity index (χ4v) is 2.75. The third-order valence-electron chi connectivity index (χ3n) is 4.07. The van der Waals surface area contributed by atoms with Crippen LogP contribution in [0.25, 0.3) is 11.2 Å². The van der Waals surface area contributed by atoms with Crippen LogP contribution in [0.2, 0.25) is 0 Å². The van der Waals surface area contributed by atoms with Crippen molar-refractivity contribution in [1.29, 1.82) is 0 Å². The monoisotopic (exact) mass is 363 g/mol. The van der Waals surface area contributed by atoms with Gasteiger partial charge in [0.2, 0.25) is 5.95 Å². The highest BCUT2D eigenvalue weighted by atomic mass is 16.5. The fourth-order valence-electron chi connectivity index (χ4n) is 2.75. The molecule has 2 heterocycles. The van der Waals surface area contributed by atoms with Crippen LogP contribution in [0.4, 0.5) is 11.8 Å². The lowest BCUT2D eigenvalue weighted by Crippen LogP contribution is -2.18. The van der Waals surface area contributed by atoms with E-state index in [9.17, 15) is 4.79 Å². The summed E-state index contributed by atoms with van der Waals surface area (Å²) in [5.41, 5.74) is 15.7. The molecular weight excluding hydrogens is 346 g/mol. The van der Waals surface area contributed by atoms with Gasteiger partial charge in [0, 0.05) is 17.9 Å². The van der Waals surface area contributed by atoms with Crippen molar-refractivity contribution in [2.24, 2.45) is 0 Å². The van der Waals surface area contributed by atoms with Crippen LogP contribution < -0.4 is 16.9 Å². The van der Waals surface area contributed by atoms with Crippen molar-refractivity contribution < 1.29 is 10.0 Å². The summed E-state index contributed by atoms with van der Waals surface area (Å²) in [5, 5.41) is 8.70. The van der Waals surface area contributed by atoms with Crippen LogP contribution in [0, 0.1) is 12.3 Å². The molecule has 136 valence electrons. The van der Waals surface area contributed by atoms with Crippen molar-refractivity contribution in [3.8, 4) is 12.3 Å². The van der Waals surface area contributed by atoms with Crippen molar-refractivity contribution in [1.82, 2.24) is 25.4 Å². The van der Waals surface area contributed by atoms with Gasteiger partial charge in [-0.3, -0.25) is 10.0 Å². The number of nitrogens with zero attached hydrogens (tertiary/aromatic N) is 4. The summed E-state index contributed by atoms with van der Waals surface area (Å²) in [6, 6.07) is 6.81. The van der Waals surface area contributed by atoms with Crippen LogP contribution in [-0.2, 0) is 6.42 Å². The number of nitrogen functional groups attached to an aromatic ring is 2. The lowest BCUT2D eigenvalue weighted by Gasteiger charge is -2.15. The molecule has 0 saturated carbocycles. The molecule has 0 saturated heterocycles. The number of carbonyl (C=O) groups excluding carboxylic acids is 1. The molecule has 0 radical (unpaired) electrons. The Balaban J connectivity index is 1.89. The van der Waals surface area contributed by atoms with Crippen molar-refractivity contribution in [3.63, 3.8) is 0 Å². The maximum absolute atomic E-state index is 11.4. The molecule has 1 amide bonds. The number of hydrogen-bond acceptors (Lipinski definition) is 8. The van der Waals surface area contributed by atoms with E-state index in [1.165, 1.54) is 0 Å². The number of benzene rings is 1. The quantitative estimate of drug-likeness (QED) is 0.298. The zero-order valence-corrected chi connectivity index (χ0v) is 14.3. The smallest absolute Gasteiger partial charge is 0.274 e. The van der Waals surface area contributed by atoms with E-state index in [2.05, 4.69) is 25.9 Å². The number of hydroxylamine groups is 1. The Bertz CT molecular complexity index is 1030. The predicted molar refractivity (Wildman–Crippen MR) is 99.5 cm³/mol. The molecule has 0 spiro atoms. The number of anilines is 2. The van der Waals surface area contributed by atoms with E-state index in [-0.39, 0.29) is 17.7 Å². The molecule has 0 aliphatic rings. The van der Waals surface area contributed by atoms with Gasteiger partial charge >= 0.3 is 0 Å². The Kier molecular flexibility index (Phi) is 5.10. The van der Waals surface area contributed by atoms with Crippen molar-refractivity contribution in [2.45, 2.75) is 18.8 Å². The SMILES string of the molecule is C#CCC(Cc1cnc2nc(N)nc(N)c2n1)c1ccc(C(=O)NO)cc1. The maximum atomic E-state index is 11.4. The van der Waals surface area contributed by atoms with Gasteiger partial charge in [-0.05, 0) is 24.1 Å². The third-order valence-corrected chi connectivity index (χ3v) is 4.07. The first kappa shape index (κ1) is 18.0. The summed E-state index contributed by atoms with van der Waals surface area (Å²) in [4.78, 5) is 28.1. The van der Waals surface area contributed by atoms with Gasteiger partial charge in [-0.15, -0.1) is 12.3 Å². The van der Waals surface area contributed by atoms with E-state index in [1.54, 1.807) is 35.9 Å². The minimum absolute atomic E-state index is 0.0380. The molecule has 9 heteroatoms. The summed E-state index contributed by atoms with van der Waals surface area (Å²) in [6.07, 6.45) is 8.10. The summed E-state index contributed by atoms with van der Waals surface area (Å²) < 4.78 is 0. The van der Waals surface area contributed by atoms with Gasteiger partial charge in [-0.25, -0.2) is 15.4 Å². The van der Waals surface area contributed by atoms with Gasteiger partial charge < -0.3 is 11.5 Å². The van der Waals surface area contributed by atoms with Crippen LogP contribution in [0.5, 0.6) is 0 Å². The minimum atomic E-state index is -0.579. The molecule has 0 bridgehead atoms. The van der Waals surface area contributed by atoms with Gasteiger partial charge in [0.15, 0.2) is 17.0 Å². The summed E-state index contributed by atoms with van der Waals surface area (Å²) in [6.45, 7) is 0. The zero-order valence-electron chi connectivity index (χ0n) is 14.3. The molecule has 0 aliphatic heterocycles. The molecule has 2 aromatic heterocycles. The molecule has 1 aromatic carbocycles. The van der Waals surface area contributed by atoms with Gasteiger partial charge in [0.25, 0.3) is 5.91 Å². The predicted octanol–water partition coefficient (Wildman–Crippen LogP) is 1.05. The Morgan fingerprint density at radius 2 is 1.96 bits per heavy atom. The number of rotatable bonds is 5. The van der Waals surface area contributed by atoms with E-state index < -0.39 is 5.91 Å². The first-order valence-electron chi connectivity index (χ1n) is 8.04. The molecule has 27 heavy (non-hydrogen) atoms. The minimum Gasteiger partial charge on any atom is -0.382 e. The molecule has 1 atom stereocenters. The largest absolute Gasteiger partial charge is 0.382 e. The van der Waals surface area contributed by atoms with Gasteiger partial charge in [-0.2, -0.15) is 9.97 Å². The number of nitrogens with two attached hydrogens (primary N) is 2. The highest BCUT2D eigenvalue weighted by Gasteiger charge is 2.15. The summed E-state index contributed by atoms with van der Waals surface area (Å²) in [7, 11) is 0. The van der Waals surface area contributed by atoms with Crippen LogP contribution in [0.15, 0.2) is 30.5 Å². The second-order valence-corrected chi connectivity index (χ2v) is 5.87. The Morgan fingerprint density at radius 3 is 2.63 bits per heavy atom. The van der Waals surface area contributed by atoms with E-state index in [1.807, 2.05) is 0 Å². The summed E-state index contributed by atoms with van der Waals surface area (Å²) >= 11 is 0. The van der Waals surface area contributed by atoms with Gasteiger partial charge in [-0.1, -0.05) is 12.1 Å². The average Bonchev–Trinajstić information content (AvgIpc) is 2.67. The number of aromatic nitrogens is 4. The number of hydrogen-bond donors (Lipinski definition) is 4. The topological polar surface area (TPSA) is 153 Å². The molecule has 9 nitrogen and oxygen atoms in total. The molecule has 0 aliphatic carbocycles. The highest BCUT2D eigenvalue weighted by molar-refractivity contribution is 5.93. The van der Waals surface area contributed by atoms with E-state index in [4.69, 9.17) is 23.1 Å². The van der Waals surface area contributed by atoms with Crippen LogP contribution >= 0.6 is 0 Å². The summed E-state index contributed by atoms with van der Waals surface area (Å²) in [5.74, 6) is 2.25. The standard InChI is InChI=1S/C18H17N7O2/c1-2-3-12(10-4-6-11(7-5-10)17(26)25-27)8-13-9-21-16-14(22-13)15(19)23-18(20)24-16/h1,4-7,9,12,27H,3,8H2,(H,25,26)(H4,19,20,21,23,24). The zero-order chi connectivity index (χ0) is 19.4.